The van der Waals surface area contributed by atoms with Crippen molar-refractivity contribution in [3.63, 3.8) is 0 Å². The van der Waals surface area contributed by atoms with E-state index in [1.165, 1.54) is 7.11 Å². The third kappa shape index (κ3) is 7.14. The van der Waals surface area contributed by atoms with Crippen molar-refractivity contribution in [3.8, 4) is 0 Å². The minimum atomic E-state index is -0.355. The van der Waals surface area contributed by atoms with Crippen LogP contribution in [0.1, 0.15) is 23.6 Å². The highest BCUT2D eigenvalue weighted by atomic mass is 79.9. The fourth-order valence-electron chi connectivity index (χ4n) is 3.49. The van der Waals surface area contributed by atoms with Crippen LogP contribution in [0.25, 0.3) is 0 Å². The number of methoxy groups -OCH3 is 1. The Morgan fingerprint density at radius 1 is 1.16 bits per heavy atom. The molecule has 1 amide bonds. The van der Waals surface area contributed by atoms with E-state index < -0.39 is 0 Å². The summed E-state index contributed by atoms with van der Waals surface area (Å²) in [4.78, 5) is 26.7. The molecule has 0 aromatic heterocycles. The lowest BCUT2D eigenvalue weighted by atomic mass is 9.97. The van der Waals surface area contributed by atoms with Crippen molar-refractivity contribution < 1.29 is 19.1 Å². The molecule has 2 aromatic rings. The summed E-state index contributed by atoms with van der Waals surface area (Å²) >= 11 is 3.53. The average molecular weight is 490 g/mol. The van der Waals surface area contributed by atoms with Crippen molar-refractivity contribution in [1.29, 1.82) is 0 Å². The van der Waals surface area contributed by atoms with Crippen LogP contribution in [0, 0.1) is 0 Å². The zero-order chi connectivity index (χ0) is 22.1. The first kappa shape index (κ1) is 23.4. The standard InChI is InChI=1S/C23H28BrN3O4/c1-30-22(29)16-25-23(17-5-3-2-4-6-17)19-15-18(24)7-8-20(19)26-21(28)9-10-27-11-13-31-14-12-27/h2-8,15,23,25H,9-14,16H2,1H3,(H,26,28)/t23-/m0/s1. The van der Waals surface area contributed by atoms with Gasteiger partial charge in [-0.15, -0.1) is 0 Å². The molecule has 0 saturated carbocycles. The van der Waals surface area contributed by atoms with Gasteiger partial charge < -0.3 is 14.8 Å². The molecule has 1 fully saturated rings. The van der Waals surface area contributed by atoms with E-state index >= 15 is 0 Å². The van der Waals surface area contributed by atoms with Crippen molar-refractivity contribution in [2.45, 2.75) is 12.5 Å². The van der Waals surface area contributed by atoms with Gasteiger partial charge in [-0.1, -0.05) is 46.3 Å². The Balaban J connectivity index is 1.78. The smallest absolute Gasteiger partial charge is 0.319 e. The molecule has 1 aliphatic rings. The van der Waals surface area contributed by atoms with Crippen LogP contribution < -0.4 is 10.6 Å². The lowest BCUT2D eigenvalue weighted by Crippen LogP contribution is -2.38. The third-order valence-electron chi connectivity index (χ3n) is 5.17. The molecule has 1 heterocycles. The molecule has 0 bridgehead atoms. The van der Waals surface area contributed by atoms with Gasteiger partial charge in [0.2, 0.25) is 5.91 Å². The van der Waals surface area contributed by atoms with Gasteiger partial charge in [-0.25, -0.2) is 0 Å². The van der Waals surface area contributed by atoms with Gasteiger partial charge in [-0.2, -0.15) is 0 Å². The molecule has 166 valence electrons. The highest BCUT2D eigenvalue weighted by Gasteiger charge is 2.20. The average Bonchev–Trinajstić information content (AvgIpc) is 2.80. The molecular weight excluding hydrogens is 462 g/mol. The first-order chi connectivity index (χ1) is 15.1. The molecule has 0 aliphatic carbocycles. The molecule has 0 spiro atoms. The van der Waals surface area contributed by atoms with E-state index in [9.17, 15) is 9.59 Å². The minimum absolute atomic E-state index is 0.0464. The maximum absolute atomic E-state index is 12.7. The zero-order valence-electron chi connectivity index (χ0n) is 17.6. The van der Waals surface area contributed by atoms with Crippen LogP contribution in [0.5, 0.6) is 0 Å². The van der Waals surface area contributed by atoms with Gasteiger partial charge in [0.1, 0.15) is 0 Å². The maximum atomic E-state index is 12.7. The number of nitrogens with zero attached hydrogens (tertiary/aromatic N) is 1. The number of amides is 1. The molecule has 2 aromatic carbocycles. The predicted octanol–water partition coefficient (Wildman–Crippen LogP) is 2.96. The molecule has 0 radical (unpaired) electrons. The lowest BCUT2D eigenvalue weighted by Gasteiger charge is -2.26. The van der Waals surface area contributed by atoms with Crippen molar-refractivity contribution in [1.82, 2.24) is 10.2 Å². The summed E-state index contributed by atoms with van der Waals surface area (Å²) in [6, 6.07) is 15.2. The van der Waals surface area contributed by atoms with E-state index in [0.29, 0.717) is 31.9 Å². The highest BCUT2D eigenvalue weighted by molar-refractivity contribution is 9.10. The fourth-order valence-corrected chi connectivity index (χ4v) is 3.87. The normalized spacial score (nSPS) is 15.3. The first-order valence-corrected chi connectivity index (χ1v) is 11.1. The number of ether oxygens (including phenoxy) is 2. The molecule has 1 aliphatic heterocycles. The van der Waals surface area contributed by atoms with E-state index in [1.807, 2.05) is 48.5 Å². The number of carbonyl (C=O) groups excluding carboxylic acids is 2. The maximum Gasteiger partial charge on any atom is 0.319 e. The fraction of sp³-hybridized carbons (Fsp3) is 0.391. The Bertz CT molecular complexity index is 872. The number of benzene rings is 2. The summed E-state index contributed by atoms with van der Waals surface area (Å²) in [5.41, 5.74) is 2.55. The molecule has 8 heteroatoms. The number of anilines is 1. The van der Waals surface area contributed by atoms with Gasteiger partial charge in [0.05, 0.1) is 32.9 Å². The SMILES string of the molecule is COC(=O)CN[C@@H](c1ccccc1)c1cc(Br)ccc1NC(=O)CCN1CCOCC1. The Morgan fingerprint density at radius 3 is 2.61 bits per heavy atom. The molecule has 1 atom stereocenters. The quantitative estimate of drug-likeness (QED) is 0.527. The van der Waals surface area contributed by atoms with Crippen LogP contribution in [-0.2, 0) is 19.1 Å². The van der Waals surface area contributed by atoms with E-state index in [4.69, 9.17) is 9.47 Å². The van der Waals surface area contributed by atoms with E-state index in [2.05, 4.69) is 31.5 Å². The third-order valence-corrected chi connectivity index (χ3v) is 5.66. The molecular formula is C23H28BrN3O4. The Hall–Kier alpha value is -2.26. The van der Waals surface area contributed by atoms with Gasteiger partial charge in [0.15, 0.2) is 0 Å². The van der Waals surface area contributed by atoms with Crippen LogP contribution in [0.15, 0.2) is 53.0 Å². The second-order valence-electron chi connectivity index (χ2n) is 7.28. The molecule has 7 nitrogen and oxygen atoms in total. The van der Waals surface area contributed by atoms with E-state index in [-0.39, 0.29) is 24.5 Å². The number of nitrogens with one attached hydrogen (secondary N) is 2. The van der Waals surface area contributed by atoms with Crippen LogP contribution in [0.2, 0.25) is 0 Å². The summed E-state index contributed by atoms with van der Waals surface area (Å²) in [5.74, 6) is -0.401. The van der Waals surface area contributed by atoms with Crippen molar-refractivity contribution >= 4 is 33.5 Å². The van der Waals surface area contributed by atoms with Gasteiger partial charge >= 0.3 is 5.97 Å². The molecule has 3 rings (SSSR count). The number of hydrogen-bond acceptors (Lipinski definition) is 6. The van der Waals surface area contributed by atoms with Crippen LogP contribution in [0.3, 0.4) is 0 Å². The molecule has 1 saturated heterocycles. The largest absolute Gasteiger partial charge is 0.468 e. The number of morpholine rings is 1. The molecule has 2 N–H and O–H groups in total. The van der Waals surface area contributed by atoms with Crippen molar-refractivity contribution in [3.05, 3.63) is 64.1 Å². The van der Waals surface area contributed by atoms with Gasteiger partial charge in [-0.05, 0) is 29.3 Å². The number of hydrogen-bond donors (Lipinski definition) is 2. The van der Waals surface area contributed by atoms with Crippen LogP contribution >= 0.6 is 15.9 Å². The number of halogens is 1. The van der Waals surface area contributed by atoms with E-state index in [0.717, 1.165) is 28.7 Å². The monoisotopic (exact) mass is 489 g/mol. The Kier molecular flexibility index (Phi) is 9.02. The molecule has 0 unspecified atom stereocenters. The Labute approximate surface area is 191 Å². The van der Waals surface area contributed by atoms with Gasteiger partial charge in [-0.3, -0.25) is 19.8 Å². The second-order valence-corrected chi connectivity index (χ2v) is 8.20. The molecule has 31 heavy (non-hydrogen) atoms. The van der Waals surface area contributed by atoms with Gasteiger partial charge in [0, 0.05) is 36.2 Å². The Morgan fingerprint density at radius 2 is 1.90 bits per heavy atom. The number of rotatable bonds is 9. The minimum Gasteiger partial charge on any atom is -0.468 e. The summed E-state index contributed by atoms with van der Waals surface area (Å²) in [5, 5.41) is 6.31. The van der Waals surface area contributed by atoms with Gasteiger partial charge in [0.25, 0.3) is 0 Å². The van der Waals surface area contributed by atoms with Crippen molar-refractivity contribution in [2.24, 2.45) is 0 Å². The predicted molar refractivity (Wildman–Crippen MR) is 123 cm³/mol. The van der Waals surface area contributed by atoms with Crippen LogP contribution in [0.4, 0.5) is 5.69 Å². The first-order valence-electron chi connectivity index (χ1n) is 10.3. The lowest BCUT2D eigenvalue weighted by molar-refractivity contribution is -0.139. The van der Waals surface area contributed by atoms with E-state index in [1.54, 1.807) is 0 Å². The highest BCUT2D eigenvalue weighted by Crippen LogP contribution is 2.31. The summed E-state index contributed by atoms with van der Waals surface area (Å²) in [6.07, 6.45) is 0.404. The summed E-state index contributed by atoms with van der Waals surface area (Å²) in [6.45, 7) is 3.87. The number of carbonyl (C=O) groups is 2. The van der Waals surface area contributed by atoms with Crippen LogP contribution in [-0.4, -0.2) is 63.3 Å². The number of esters is 1. The topological polar surface area (TPSA) is 79.9 Å². The zero-order valence-corrected chi connectivity index (χ0v) is 19.2. The summed E-state index contributed by atoms with van der Waals surface area (Å²) < 4.78 is 11.0. The van der Waals surface area contributed by atoms with Crippen molar-refractivity contribution in [2.75, 3.05) is 51.8 Å². The summed E-state index contributed by atoms with van der Waals surface area (Å²) in [7, 11) is 1.36. The second kappa shape index (κ2) is 12.0.